The minimum Gasteiger partial charge on any atom is -0.353 e. The Morgan fingerprint density at radius 3 is 2.53 bits per heavy atom. The molecule has 0 atom stereocenters. The maximum Gasteiger partial charge on any atom is 0.240 e. The van der Waals surface area contributed by atoms with Gasteiger partial charge < -0.3 is 19.7 Å². The molecule has 1 aromatic heterocycles. The molecule has 1 fully saturated rings. The first kappa shape index (κ1) is 21.0. The van der Waals surface area contributed by atoms with E-state index >= 15 is 0 Å². The van der Waals surface area contributed by atoms with E-state index in [9.17, 15) is 9.59 Å². The van der Waals surface area contributed by atoms with Gasteiger partial charge in [-0.05, 0) is 30.8 Å². The van der Waals surface area contributed by atoms with Crippen LogP contribution in [0.25, 0.3) is 5.69 Å². The standard InChI is InChI=1S/C22H29N5O2S/c1-2-24-12-14-25(15-13-24)11-9-23-20(28)16-27-19-7-4-3-6-18(19)26-10-5-8-22(26)30-17-21(27)29/h3-8,10H,2,9,11-17H2,1H3,(H,23,28). The van der Waals surface area contributed by atoms with Gasteiger partial charge in [0.05, 0.1) is 22.2 Å². The molecule has 4 rings (SSSR count). The molecule has 0 bridgehead atoms. The smallest absolute Gasteiger partial charge is 0.240 e. The molecule has 2 aromatic rings. The summed E-state index contributed by atoms with van der Waals surface area (Å²) in [7, 11) is 0. The lowest BCUT2D eigenvalue weighted by Crippen LogP contribution is -2.49. The van der Waals surface area contributed by atoms with Gasteiger partial charge in [-0.15, -0.1) is 0 Å². The van der Waals surface area contributed by atoms with Crippen LogP contribution in [-0.4, -0.2) is 84.3 Å². The number of nitrogens with one attached hydrogen (secondary N) is 1. The van der Waals surface area contributed by atoms with Crippen LogP contribution in [-0.2, 0) is 9.59 Å². The molecule has 0 unspecified atom stereocenters. The Kier molecular flexibility index (Phi) is 6.76. The van der Waals surface area contributed by atoms with Gasteiger partial charge in [-0.3, -0.25) is 14.5 Å². The van der Waals surface area contributed by atoms with Gasteiger partial charge in [-0.25, -0.2) is 0 Å². The van der Waals surface area contributed by atoms with Gasteiger partial charge >= 0.3 is 0 Å². The van der Waals surface area contributed by atoms with Gasteiger partial charge in [0.1, 0.15) is 6.54 Å². The summed E-state index contributed by atoms with van der Waals surface area (Å²) in [6.07, 6.45) is 1.99. The number of para-hydroxylation sites is 2. The van der Waals surface area contributed by atoms with Crippen molar-refractivity contribution in [3.05, 3.63) is 42.6 Å². The number of nitrogens with zero attached hydrogens (tertiary/aromatic N) is 4. The van der Waals surface area contributed by atoms with Crippen molar-refractivity contribution in [2.45, 2.75) is 11.9 Å². The number of hydrogen-bond donors (Lipinski definition) is 1. The number of aromatic nitrogens is 1. The van der Waals surface area contributed by atoms with Crippen molar-refractivity contribution in [3.8, 4) is 5.69 Å². The predicted octanol–water partition coefficient (Wildman–Crippen LogP) is 1.67. The minimum absolute atomic E-state index is 0.0383. The molecule has 0 aliphatic carbocycles. The van der Waals surface area contributed by atoms with Gasteiger partial charge in [-0.1, -0.05) is 30.8 Å². The van der Waals surface area contributed by atoms with E-state index in [1.165, 1.54) is 11.8 Å². The average Bonchev–Trinajstić information content (AvgIpc) is 3.23. The molecule has 7 nitrogen and oxygen atoms in total. The largest absolute Gasteiger partial charge is 0.353 e. The lowest BCUT2D eigenvalue weighted by atomic mass is 10.2. The van der Waals surface area contributed by atoms with E-state index in [1.54, 1.807) is 4.90 Å². The summed E-state index contributed by atoms with van der Waals surface area (Å²) in [6, 6.07) is 11.7. The number of anilines is 1. The van der Waals surface area contributed by atoms with Crippen molar-refractivity contribution in [1.29, 1.82) is 0 Å². The molecule has 0 radical (unpaired) electrons. The zero-order valence-electron chi connectivity index (χ0n) is 17.4. The van der Waals surface area contributed by atoms with Crippen LogP contribution in [0.15, 0.2) is 47.6 Å². The van der Waals surface area contributed by atoms with E-state index < -0.39 is 0 Å². The number of hydrogen-bond acceptors (Lipinski definition) is 5. The summed E-state index contributed by atoms with van der Waals surface area (Å²) >= 11 is 1.50. The quantitative estimate of drug-likeness (QED) is 0.760. The predicted molar refractivity (Wildman–Crippen MR) is 120 cm³/mol. The van der Waals surface area contributed by atoms with Crippen LogP contribution in [0.3, 0.4) is 0 Å². The molecule has 30 heavy (non-hydrogen) atoms. The lowest BCUT2D eigenvalue weighted by molar-refractivity contribution is -0.122. The highest BCUT2D eigenvalue weighted by molar-refractivity contribution is 7.99. The molecule has 8 heteroatoms. The Morgan fingerprint density at radius 2 is 1.77 bits per heavy atom. The number of carbonyl (C=O) groups excluding carboxylic acids is 2. The second-order valence-corrected chi connectivity index (χ2v) is 8.60. The number of likely N-dealkylation sites (N-methyl/N-ethyl adjacent to an activating group) is 1. The Bertz CT molecular complexity index is 891. The maximum atomic E-state index is 12.9. The second kappa shape index (κ2) is 9.68. The first-order valence-corrected chi connectivity index (χ1v) is 11.6. The first-order chi connectivity index (χ1) is 14.7. The zero-order chi connectivity index (χ0) is 20.9. The van der Waals surface area contributed by atoms with Gasteiger partial charge in [0, 0.05) is 45.5 Å². The number of benzene rings is 1. The third-order valence-corrected chi connectivity index (χ3v) is 6.77. The highest BCUT2D eigenvalue weighted by Crippen LogP contribution is 2.32. The first-order valence-electron chi connectivity index (χ1n) is 10.6. The summed E-state index contributed by atoms with van der Waals surface area (Å²) in [5.74, 6) is 0.141. The lowest BCUT2D eigenvalue weighted by Gasteiger charge is -2.34. The molecule has 2 amide bonds. The fourth-order valence-electron chi connectivity index (χ4n) is 3.98. The van der Waals surface area contributed by atoms with Crippen molar-refractivity contribution in [2.24, 2.45) is 0 Å². The number of carbonyl (C=O) groups is 2. The van der Waals surface area contributed by atoms with Crippen LogP contribution in [0.4, 0.5) is 5.69 Å². The molecule has 0 spiro atoms. The summed E-state index contributed by atoms with van der Waals surface area (Å²) in [5, 5.41) is 4.03. The zero-order valence-corrected chi connectivity index (χ0v) is 18.2. The molecule has 3 heterocycles. The van der Waals surface area contributed by atoms with E-state index in [0.29, 0.717) is 12.3 Å². The SMILES string of the molecule is CCN1CCN(CCNC(=O)CN2C(=O)CSc3cccn3-c3ccccc32)CC1. The van der Waals surface area contributed by atoms with E-state index in [0.717, 1.165) is 55.7 Å². The van der Waals surface area contributed by atoms with E-state index in [1.807, 2.05) is 42.6 Å². The molecule has 160 valence electrons. The third-order valence-electron chi connectivity index (χ3n) is 5.75. The van der Waals surface area contributed by atoms with Gasteiger partial charge in [0.2, 0.25) is 11.8 Å². The van der Waals surface area contributed by atoms with Crippen LogP contribution < -0.4 is 10.2 Å². The fourth-order valence-corrected chi connectivity index (χ4v) is 4.88. The Morgan fingerprint density at radius 1 is 1.03 bits per heavy atom. The van der Waals surface area contributed by atoms with Gasteiger partial charge in [0.15, 0.2) is 0 Å². The summed E-state index contributed by atoms with van der Waals surface area (Å²) < 4.78 is 2.08. The highest BCUT2D eigenvalue weighted by atomic mass is 32.2. The Labute approximate surface area is 182 Å². The van der Waals surface area contributed by atoms with Crippen LogP contribution in [0, 0.1) is 0 Å². The van der Waals surface area contributed by atoms with Crippen LogP contribution >= 0.6 is 11.8 Å². The third kappa shape index (κ3) is 4.71. The van der Waals surface area contributed by atoms with Crippen molar-refractivity contribution < 1.29 is 9.59 Å². The normalized spacial score (nSPS) is 17.8. The molecular formula is C22H29N5O2S. The van der Waals surface area contributed by atoms with Crippen LogP contribution in [0.5, 0.6) is 0 Å². The molecule has 0 saturated carbocycles. The maximum absolute atomic E-state index is 12.9. The Hall–Kier alpha value is -2.29. The molecule has 2 aliphatic heterocycles. The molecule has 1 saturated heterocycles. The molecular weight excluding hydrogens is 398 g/mol. The minimum atomic E-state index is -0.122. The Balaban J connectivity index is 1.38. The number of fused-ring (bicyclic) bond motifs is 3. The summed E-state index contributed by atoms with van der Waals surface area (Å²) in [6.45, 7) is 9.02. The number of thioether (sulfide) groups is 1. The van der Waals surface area contributed by atoms with Gasteiger partial charge in [0.25, 0.3) is 0 Å². The number of piperazine rings is 1. The molecule has 2 aliphatic rings. The number of amides is 2. The molecule has 1 N–H and O–H groups in total. The van der Waals surface area contributed by atoms with E-state index in [2.05, 4.69) is 26.6 Å². The van der Waals surface area contributed by atoms with E-state index in [4.69, 9.17) is 0 Å². The van der Waals surface area contributed by atoms with Crippen molar-refractivity contribution in [3.63, 3.8) is 0 Å². The second-order valence-electron chi connectivity index (χ2n) is 7.60. The fraction of sp³-hybridized carbons (Fsp3) is 0.455. The average molecular weight is 428 g/mol. The highest BCUT2D eigenvalue weighted by Gasteiger charge is 2.25. The summed E-state index contributed by atoms with van der Waals surface area (Å²) in [4.78, 5) is 32.0. The van der Waals surface area contributed by atoms with Crippen LogP contribution in [0.1, 0.15) is 6.92 Å². The van der Waals surface area contributed by atoms with Crippen molar-refractivity contribution in [1.82, 2.24) is 19.7 Å². The van der Waals surface area contributed by atoms with Gasteiger partial charge in [-0.2, -0.15) is 0 Å². The monoisotopic (exact) mass is 427 g/mol. The topological polar surface area (TPSA) is 60.8 Å². The van der Waals surface area contributed by atoms with Crippen molar-refractivity contribution in [2.75, 3.05) is 63.0 Å². The molecule has 1 aromatic carbocycles. The summed E-state index contributed by atoms with van der Waals surface area (Å²) in [5.41, 5.74) is 1.69. The van der Waals surface area contributed by atoms with E-state index in [-0.39, 0.29) is 18.4 Å². The van der Waals surface area contributed by atoms with Crippen LogP contribution in [0.2, 0.25) is 0 Å². The number of rotatable bonds is 6. The van der Waals surface area contributed by atoms with Crippen molar-refractivity contribution >= 4 is 29.3 Å².